The van der Waals surface area contributed by atoms with Crippen LogP contribution >= 0.6 is 12.4 Å². The lowest BCUT2D eigenvalue weighted by Crippen LogP contribution is -2.49. The highest BCUT2D eigenvalue weighted by Crippen LogP contribution is 2.23. The average Bonchev–Trinajstić information content (AvgIpc) is 3.13. The van der Waals surface area contributed by atoms with Gasteiger partial charge in [-0.1, -0.05) is 38.1 Å². The van der Waals surface area contributed by atoms with Gasteiger partial charge in [-0.05, 0) is 29.9 Å². The van der Waals surface area contributed by atoms with Gasteiger partial charge in [-0.3, -0.25) is 9.69 Å². The molecule has 0 aliphatic carbocycles. The van der Waals surface area contributed by atoms with E-state index in [4.69, 9.17) is 0 Å². The van der Waals surface area contributed by atoms with Crippen LogP contribution in [-0.4, -0.2) is 61.0 Å². The fourth-order valence-corrected chi connectivity index (χ4v) is 3.90. The van der Waals surface area contributed by atoms with Crippen molar-refractivity contribution in [3.63, 3.8) is 0 Å². The standard InChI is InChI=1S/C20H31N3O.ClH/c1-3-17-4-6-18(7-5-17)16(2)14-20(24)23-11-8-19(15-23)22-12-9-21-10-13-22;/h4-7,16,19,21H,3,8-15H2,1-2H3;1H. The number of benzene rings is 1. The van der Waals surface area contributed by atoms with Crippen molar-refractivity contribution in [1.29, 1.82) is 0 Å². The van der Waals surface area contributed by atoms with Crippen LogP contribution in [0.5, 0.6) is 0 Å². The van der Waals surface area contributed by atoms with Gasteiger partial charge in [-0.2, -0.15) is 0 Å². The molecule has 25 heavy (non-hydrogen) atoms. The van der Waals surface area contributed by atoms with Crippen LogP contribution in [-0.2, 0) is 11.2 Å². The van der Waals surface area contributed by atoms with Crippen molar-refractivity contribution < 1.29 is 4.79 Å². The lowest BCUT2D eigenvalue weighted by Gasteiger charge is -2.32. The van der Waals surface area contributed by atoms with Crippen LogP contribution in [0.1, 0.15) is 43.7 Å². The molecule has 140 valence electrons. The summed E-state index contributed by atoms with van der Waals surface area (Å²) in [7, 11) is 0. The third-order valence-electron chi connectivity index (χ3n) is 5.62. The van der Waals surface area contributed by atoms with Crippen molar-refractivity contribution in [3.8, 4) is 0 Å². The van der Waals surface area contributed by atoms with Gasteiger partial charge in [0.05, 0.1) is 0 Å². The molecular formula is C20H32ClN3O. The monoisotopic (exact) mass is 365 g/mol. The number of hydrogen-bond donors (Lipinski definition) is 1. The number of carbonyl (C=O) groups excluding carboxylic acids is 1. The molecule has 0 bridgehead atoms. The van der Waals surface area contributed by atoms with Crippen molar-refractivity contribution in [3.05, 3.63) is 35.4 Å². The molecule has 1 amide bonds. The minimum atomic E-state index is 0. The quantitative estimate of drug-likeness (QED) is 0.871. The number of carbonyl (C=O) groups is 1. The molecule has 0 spiro atoms. The van der Waals surface area contributed by atoms with Gasteiger partial charge >= 0.3 is 0 Å². The van der Waals surface area contributed by atoms with E-state index in [1.807, 2.05) is 0 Å². The normalized spacial score (nSPS) is 22.5. The molecule has 1 aromatic carbocycles. The Hall–Kier alpha value is -1.10. The van der Waals surface area contributed by atoms with Gasteiger partial charge in [-0.15, -0.1) is 12.4 Å². The highest BCUT2D eigenvalue weighted by atomic mass is 35.5. The zero-order chi connectivity index (χ0) is 16.9. The predicted octanol–water partition coefficient (Wildman–Crippen LogP) is 2.67. The molecule has 3 rings (SSSR count). The first-order chi connectivity index (χ1) is 11.7. The van der Waals surface area contributed by atoms with Crippen LogP contribution in [0.25, 0.3) is 0 Å². The van der Waals surface area contributed by atoms with E-state index in [0.717, 1.165) is 52.1 Å². The smallest absolute Gasteiger partial charge is 0.223 e. The van der Waals surface area contributed by atoms with E-state index in [1.54, 1.807) is 0 Å². The van der Waals surface area contributed by atoms with Gasteiger partial charge in [0, 0.05) is 51.7 Å². The summed E-state index contributed by atoms with van der Waals surface area (Å²) in [6.45, 7) is 10.6. The summed E-state index contributed by atoms with van der Waals surface area (Å²) in [4.78, 5) is 17.3. The highest BCUT2D eigenvalue weighted by molar-refractivity contribution is 5.85. The molecule has 4 nitrogen and oxygen atoms in total. The second-order valence-electron chi connectivity index (χ2n) is 7.27. The molecule has 2 fully saturated rings. The first-order valence-electron chi connectivity index (χ1n) is 9.48. The van der Waals surface area contributed by atoms with Crippen LogP contribution in [0.4, 0.5) is 0 Å². The number of aryl methyl sites for hydroxylation is 1. The first-order valence-corrected chi connectivity index (χ1v) is 9.48. The molecule has 5 heteroatoms. The fourth-order valence-electron chi connectivity index (χ4n) is 3.90. The van der Waals surface area contributed by atoms with Gasteiger partial charge < -0.3 is 10.2 Å². The Morgan fingerprint density at radius 1 is 1.20 bits per heavy atom. The Morgan fingerprint density at radius 3 is 2.52 bits per heavy atom. The molecule has 2 atom stereocenters. The van der Waals surface area contributed by atoms with Crippen molar-refractivity contribution in [1.82, 2.24) is 15.1 Å². The number of piperazine rings is 1. The summed E-state index contributed by atoms with van der Waals surface area (Å²) < 4.78 is 0. The Morgan fingerprint density at radius 2 is 1.88 bits per heavy atom. The van der Waals surface area contributed by atoms with Crippen LogP contribution in [0.3, 0.4) is 0 Å². The maximum atomic E-state index is 12.7. The van der Waals surface area contributed by atoms with Crippen molar-refractivity contribution in [2.24, 2.45) is 0 Å². The fraction of sp³-hybridized carbons (Fsp3) is 0.650. The first kappa shape index (κ1) is 20.2. The number of rotatable bonds is 5. The predicted molar refractivity (Wildman–Crippen MR) is 106 cm³/mol. The molecule has 1 aromatic rings. The second kappa shape index (κ2) is 9.56. The van der Waals surface area contributed by atoms with E-state index in [-0.39, 0.29) is 12.4 Å². The van der Waals surface area contributed by atoms with Crippen LogP contribution in [0.2, 0.25) is 0 Å². The van der Waals surface area contributed by atoms with Gasteiger partial charge in [0.1, 0.15) is 0 Å². The topological polar surface area (TPSA) is 35.6 Å². The van der Waals surface area contributed by atoms with E-state index in [9.17, 15) is 4.79 Å². The lowest BCUT2D eigenvalue weighted by atomic mass is 9.96. The summed E-state index contributed by atoms with van der Waals surface area (Å²) in [5.74, 6) is 0.612. The Kier molecular flexibility index (Phi) is 7.73. The van der Waals surface area contributed by atoms with Gasteiger partial charge in [0.25, 0.3) is 0 Å². The van der Waals surface area contributed by atoms with Crippen molar-refractivity contribution >= 4 is 18.3 Å². The summed E-state index contributed by atoms with van der Waals surface area (Å²) in [5.41, 5.74) is 2.63. The second-order valence-corrected chi connectivity index (χ2v) is 7.27. The number of halogens is 1. The van der Waals surface area contributed by atoms with Crippen molar-refractivity contribution in [2.45, 2.75) is 45.1 Å². The minimum Gasteiger partial charge on any atom is -0.341 e. The summed E-state index contributed by atoms with van der Waals surface area (Å²) in [5, 5.41) is 3.40. The molecule has 2 heterocycles. The zero-order valence-electron chi connectivity index (χ0n) is 15.5. The Balaban J connectivity index is 0.00000225. The number of nitrogens with one attached hydrogen (secondary N) is 1. The van der Waals surface area contributed by atoms with Gasteiger partial charge in [0.2, 0.25) is 5.91 Å². The molecule has 0 aromatic heterocycles. The largest absolute Gasteiger partial charge is 0.341 e. The lowest BCUT2D eigenvalue weighted by molar-refractivity contribution is -0.130. The maximum absolute atomic E-state index is 12.7. The SMILES string of the molecule is CCc1ccc(C(C)CC(=O)N2CCC(N3CCNCC3)C2)cc1.Cl. The molecule has 2 unspecified atom stereocenters. The molecule has 1 N–H and O–H groups in total. The number of likely N-dealkylation sites (tertiary alicyclic amines) is 1. The number of nitrogens with zero attached hydrogens (tertiary/aromatic N) is 2. The van der Waals surface area contributed by atoms with E-state index in [1.165, 1.54) is 11.1 Å². The zero-order valence-corrected chi connectivity index (χ0v) is 16.4. The number of hydrogen-bond acceptors (Lipinski definition) is 3. The molecule has 0 saturated carbocycles. The Bertz CT molecular complexity index is 542. The van der Waals surface area contributed by atoms with Gasteiger partial charge in [0.15, 0.2) is 0 Å². The minimum absolute atomic E-state index is 0. The summed E-state index contributed by atoms with van der Waals surface area (Å²) in [6.07, 6.45) is 2.82. The average molecular weight is 366 g/mol. The van der Waals surface area contributed by atoms with E-state index in [2.05, 4.69) is 53.2 Å². The van der Waals surface area contributed by atoms with Gasteiger partial charge in [-0.25, -0.2) is 0 Å². The number of amides is 1. The summed E-state index contributed by atoms with van der Waals surface area (Å²) >= 11 is 0. The van der Waals surface area contributed by atoms with Crippen LogP contribution in [0, 0.1) is 0 Å². The molecule has 2 aliphatic rings. The summed E-state index contributed by atoms with van der Waals surface area (Å²) in [6, 6.07) is 9.31. The molecular weight excluding hydrogens is 334 g/mol. The van der Waals surface area contributed by atoms with E-state index >= 15 is 0 Å². The van der Waals surface area contributed by atoms with Crippen LogP contribution < -0.4 is 5.32 Å². The molecule has 0 radical (unpaired) electrons. The van der Waals surface area contributed by atoms with E-state index in [0.29, 0.717) is 24.3 Å². The molecule has 2 aliphatic heterocycles. The Labute approximate surface area is 158 Å². The highest BCUT2D eigenvalue weighted by Gasteiger charge is 2.31. The molecule has 2 saturated heterocycles. The van der Waals surface area contributed by atoms with Crippen LogP contribution in [0.15, 0.2) is 24.3 Å². The van der Waals surface area contributed by atoms with E-state index < -0.39 is 0 Å². The maximum Gasteiger partial charge on any atom is 0.223 e. The third-order valence-corrected chi connectivity index (χ3v) is 5.62. The van der Waals surface area contributed by atoms with Crippen molar-refractivity contribution in [2.75, 3.05) is 39.3 Å². The third kappa shape index (κ3) is 5.19.